The number of carbonyl (C=O) groups excluding carboxylic acids is 1. The van der Waals surface area contributed by atoms with E-state index in [2.05, 4.69) is 0 Å². The zero-order valence-corrected chi connectivity index (χ0v) is 20.9. The van der Waals surface area contributed by atoms with E-state index < -0.39 is 13.1 Å². The Morgan fingerprint density at radius 2 is 1.28 bits per heavy atom. The third-order valence-electron chi connectivity index (χ3n) is 6.23. The van der Waals surface area contributed by atoms with Gasteiger partial charge in [-0.15, -0.1) is 0 Å². The van der Waals surface area contributed by atoms with Gasteiger partial charge in [0.1, 0.15) is 7.14 Å². The summed E-state index contributed by atoms with van der Waals surface area (Å²) in [6.07, 6.45) is 0.0971. The number of pyridine rings is 1. The van der Waals surface area contributed by atoms with E-state index in [0.29, 0.717) is 11.3 Å². The number of esters is 1. The SMILES string of the molecule is CCOC(=O)c1c(CP(=O)(c2ccccc2)c2ccccc2)nc2ccccc2c1-c1ccccc1. The van der Waals surface area contributed by atoms with E-state index in [1.165, 1.54) is 0 Å². The van der Waals surface area contributed by atoms with Crippen LogP contribution in [0.15, 0.2) is 115 Å². The zero-order valence-electron chi connectivity index (χ0n) is 20.0. The maximum atomic E-state index is 14.9. The number of para-hydroxylation sites is 1. The van der Waals surface area contributed by atoms with E-state index in [1.807, 2.05) is 115 Å². The number of rotatable bonds is 7. The van der Waals surface area contributed by atoms with Gasteiger partial charge in [0.15, 0.2) is 0 Å². The quantitative estimate of drug-likeness (QED) is 0.190. The van der Waals surface area contributed by atoms with E-state index in [9.17, 15) is 9.36 Å². The number of hydrogen-bond donors (Lipinski definition) is 0. The monoisotopic (exact) mass is 491 g/mol. The van der Waals surface area contributed by atoms with Gasteiger partial charge in [-0.05, 0) is 18.6 Å². The fraction of sp³-hybridized carbons (Fsp3) is 0.0968. The van der Waals surface area contributed by atoms with E-state index in [4.69, 9.17) is 9.72 Å². The third kappa shape index (κ3) is 4.48. The summed E-state index contributed by atoms with van der Waals surface area (Å²) in [5.41, 5.74) is 3.22. The minimum absolute atomic E-state index is 0.0971. The van der Waals surface area contributed by atoms with Crippen molar-refractivity contribution in [3.63, 3.8) is 0 Å². The summed E-state index contributed by atoms with van der Waals surface area (Å²) >= 11 is 0. The van der Waals surface area contributed by atoms with Crippen molar-refractivity contribution in [3.05, 3.63) is 127 Å². The molecule has 0 aliphatic rings. The second-order valence-corrected chi connectivity index (χ2v) is 11.3. The van der Waals surface area contributed by atoms with Crippen LogP contribution in [-0.4, -0.2) is 17.6 Å². The largest absolute Gasteiger partial charge is 0.462 e. The minimum atomic E-state index is -3.19. The topological polar surface area (TPSA) is 56.3 Å². The van der Waals surface area contributed by atoms with Crippen LogP contribution in [0.3, 0.4) is 0 Å². The van der Waals surface area contributed by atoms with Crippen LogP contribution < -0.4 is 10.6 Å². The van der Waals surface area contributed by atoms with Crippen LogP contribution in [-0.2, 0) is 15.5 Å². The molecule has 0 spiro atoms. The summed E-state index contributed by atoms with van der Waals surface area (Å²) in [4.78, 5) is 18.4. The first-order chi connectivity index (χ1) is 17.6. The fourth-order valence-corrected chi connectivity index (χ4v) is 7.21. The molecular formula is C31H26NO3P. The smallest absolute Gasteiger partial charge is 0.340 e. The Bertz CT molecular complexity index is 1510. The Morgan fingerprint density at radius 3 is 1.86 bits per heavy atom. The molecule has 1 aromatic heterocycles. The van der Waals surface area contributed by atoms with Crippen LogP contribution in [0.5, 0.6) is 0 Å². The van der Waals surface area contributed by atoms with Gasteiger partial charge < -0.3 is 9.30 Å². The number of benzene rings is 4. The van der Waals surface area contributed by atoms with Crippen molar-refractivity contribution in [1.29, 1.82) is 0 Å². The summed E-state index contributed by atoms with van der Waals surface area (Å²) in [6, 6.07) is 36.4. The molecule has 1 heterocycles. The van der Waals surface area contributed by atoms with E-state index in [-0.39, 0.29) is 12.8 Å². The first kappa shape index (κ1) is 23.7. The molecule has 5 heteroatoms. The highest BCUT2D eigenvalue weighted by molar-refractivity contribution is 7.78. The second kappa shape index (κ2) is 10.3. The highest BCUT2D eigenvalue weighted by Crippen LogP contribution is 2.48. The normalized spacial score (nSPS) is 11.4. The molecule has 4 nitrogen and oxygen atoms in total. The summed E-state index contributed by atoms with van der Waals surface area (Å²) in [5.74, 6) is -0.461. The molecule has 0 unspecified atom stereocenters. The van der Waals surface area contributed by atoms with Crippen LogP contribution in [0.1, 0.15) is 23.0 Å². The van der Waals surface area contributed by atoms with Crippen molar-refractivity contribution in [1.82, 2.24) is 4.98 Å². The molecule has 178 valence electrons. The van der Waals surface area contributed by atoms with Gasteiger partial charge >= 0.3 is 5.97 Å². The molecule has 5 rings (SSSR count). The lowest BCUT2D eigenvalue weighted by atomic mass is 9.94. The summed E-state index contributed by atoms with van der Waals surface area (Å²) in [6.45, 7) is 2.02. The first-order valence-electron chi connectivity index (χ1n) is 12.0. The van der Waals surface area contributed by atoms with Gasteiger partial charge in [0.2, 0.25) is 0 Å². The number of nitrogens with zero attached hydrogens (tertiary/aromatic N) is 1. The predicted molar refractivity (Wildman–Crippen MR) is 147 cm³/mol. The van der Waals surface area contributed by atoms with Crippen LogP contribution in [0, 0.1) is 0 Å². The molecule has 5 aromatic rings. The van der Waals surface area contributed by atoms with Gasteiger partial charge in [0, 0.05) is 21.6 Å². The number of ether oxygens (including phenoxy) is 1. The highest BCUT2D eigenvalue weighted by Gasteiger charge is 2.32. The van der Waals surface area contributed by atoms with Gasteiger partial charge in [-0.3, -0.25) is 4.98 Å². The van der Waals surface area contributed by atoms with Gasteiger partial charge in [-0.1, -0.05) is 109 Å². The number of aromatic nitrogens is 1. The number of carbonyl (C=O) groups is 1. The van der Waals surface area contributed by atoms with Crippen molar-refractivity contribution < 1.29 is 14.1 Å². The Hall–Kier alpha value is -4.01. The molecule has 0 N–H and O–H groups in total. The average Bonchev–Trinajstić information content (AvgIpc) is 2.94. The molecule has 0 fully saturated rings. The van der Waals surface area contributed by atoms with Crippen molar-refractivity contribution in [2.45, 2.75) is 13.1 Å². The molecule has 4 aromatic carbocycles. The van der Waals surface area contributed by atoms with Crippen molar-refractivity contribution in [2.24, 2.45) is 0 Å². The Labute approximate surface area is 211 Å². The highest BCUT2D eigenvalue weighted by atomic mass is 31.2. The van der Waals surface area contributed by atoms with Crippen LogP contribution in [0.25, 0.3) is 22.0 Å². The second-order valence-electron chi connectivity index (χ2n) is 8.48. The van der Waals surface area contributed by atoms with E-state index >= 15 is 0 Å². The lowest BCUT2D eigenvalue weighted by molar-refractivity contribution is 0.0526. The molecule has 36 heavy (non-hydrogen) atoms. The lowest BCUT2D eigenvalue weighted by Crippen LogP contribution is -2.20. The Balaban J connectivity index is 1.82. The van der Waals surface area contributed by atoms with E-state index in [0.717, 1.165) is 32.6 Å². The fourth-order valence-electron chi connectivity index (χ4n) is 4.59. The maximum absolute atomic E-state index is 14.9. The molecule has 0 aliphatic carbocycles. The van der Waals surface area contributed by atoms with Gasteiger partial charge in [-0.2, -0.15) is 0 Å². The molecule has 0 amide bonds. The Kier molecular flexibility index (Phi) is 6.79. The first-order valence-corrected chi connectivity index (χ1v) is 13.9. The van der Waals surface area contributed by atoms with E-state index in [1.54, 1.807) is 6.92 Å². The molecule has 0 bridgehead atoms. The number of hydrogen-bond acceptors (Lipinski definition) is 4. The van der Waals surface area contributed by atoms with Gasteiger partial charge in [0.25, 0.3) is 0 Å². The molecule has 0 atom stereocenters. The van der Waals surface area contributed by atoms with Gasteiger partial charge in [-0.25, -0.2) is 4.79 Å². The lowest BCUT2D eigenvalue weighted by Gasteiger charge is -2.22. The summed E-state index contributed by atoms with van der Waals surface area (Å²) < 4.78 is 20.4. The maximum Gasteiger partial charge on any atom is 0.340 e. The summed E-state index contributed by atoms with van der Waals surface area (Å²) in [5, 5.41) is 2.30. The van der Waals surface area contributed by atoms with Crippen molar-refractivity contribution in [2.75, 3.05) is 6.61 Å². The summed E-state index contributed by atoms with van der Waals surface area (Å²) in [7, 11) is -3.19. The molecule has 0 saturated heterocycles. The standard InChI is InChI=1S/C31H26NO3P/c1-2-35-31(33)30-28(22-36(34,24-16-8-4-9-17-24)25-18-10-5-11-19-25)32-27-21-13-12-20-26(27)29(30)23-14-6-3-7-15-23/h3-21H,2,22H2,1H3. The van der Waals surface area contributed by atoms with Crippen molar-refractivity contribution >= 4 is 34.6 Å². The van der Waals surface area contributed by atoms with Crippen LogP contribution in [0.2, 0.25) is 0 Å². The molecule has 0 saturated carbocycles. The van der Waals surface area contributed by atoms with Gasteiger partial charge in [0.05, 0.1) is 29.5 Å². The van der Waals surface area contributed by atoms with Crippen LogP contribution in [0.4, 0.5) is 0 Å². The average molecular weight is 492 g/mol. The number of fused-ring (bicyclic) bond motifs is 1. The minimum Gasteiger partial charge on any atom is -0.462 e. The Morgan fingerprint density at radius 1 is 0.750 bits per heavy atom. The predicted octanol–water partition coefficient (Wildman–Crippen LogP) is 6.59. The third-order valence-corrected chi connectivity index (χ3v) is 9.24. The van der Waals surface area contributed by atoms with Crippen molar-refractivity contribution in [3.8, 4) is 11.1 Å². The molecule has 0 aliphatic heterocycles. The zero-order chi connectivity index (χ0) is 25.0. The molecule has 0 radical (unpaired) electrons. The van der Waals surface area contributed by atoms with Crippen LogP contribution >= 0.6 is 7.14 Å². The molecular weight excluding hydrogens is 465 g/mol.